The van der Waals surface area contributed by atoms with Crippen LogP contribution in [0.5, 0.6) is 0 Å². The van der Waals surface area contributed by atoms with Crippen molar-refractivity contribution in [3.63, 3.8) is 0 Å². The van der Waals surface area contributed by atoms with Crippen LogP contribution in [0, 0.1) is 5.92 Å². The van der Waals surface area contributed by atoms with Crippen LogP contribution in [0.4, 0.5) is 0 Å². The number of carbonyl (C=O) groups excluding carboxylic acids is 2. The van der Waals surface area contributed by atoms with Crippen LogP contribution >= 0.6 is 11.6 Å². The summed E-state index contributed by atoms with van der Waals surface area (Å²) in [6.07, 6.45) is 2.62. The van der Waals surface area contributed by atoms with Crippen molar-refractivity contribution in [1.82, 2.24) is 4.90 Å². The fourth-order valence-electron chi connectivity index (χ4n) is 1.95. The van der Waals surface area contributed by atoms with Crippen LogP contribution in [0.25, 0.3) is 0 Å². The van der Waals surface area contributed by atoms with Crippen molar-refractivity contribution in [3.05, 3.63) is 0 Å². The zero-order valence-electron chi connectivity index (χ0n) is 8.46. The van der Waals surface area contributed by atoms with Gasteiger partial charge in [-0.25, -0.2) is 0 Å². The molecule has 0 N–H and O–H groups in total. The van der Waals surface area contributed by atoms with E-state index in [1.165, 1.54) is 0 Å². The molecule has 1 fully saturated rings. The molecule has 1 heterocycles. The molecule has 1 saturated heterocycles. The predicted molar refractivity (Wildman–Crippen MR) is 55.3 cm³/mol. The average Bonchev–Trinajstić information content (AvgIpc) is 2.16. The molecule has 0 radical (unpaired) electrons. The Morgan fingerprint density at radius 2 is 2.21 bits per heavy atom. The Bertz CT molecular complexity index is 230. The van der Waals surface area contributed by atoms with Gasteiger partial charge in [0.15, 0.2) is 0 Å². The number of nitrogens with zero attached hydrogens (tertiary/aromatic N) is 1. The Morgan fingerprint density at radius 1 is 1.50 bits per heavy atom. The molecular weight excluding hydrogens is 202 g/mol. The summed E-state index contributed by atoms with van der Waals surface area (Å²) in [6, 6.07) is 0. The number of ketones is 1. The third-order valence-corrected chi connectivity index (χ3v) is 2.79. The zero-order chi connectivity index (χ0) is 10.6. The van der Waals surface area contributed by atoms with Crippen LogP contribution in [0.3, 0.4) is 0 Å². The molecule has 0 aromatic rings. The van der Waals surface area contributed by atoms with E-state index >= 15 is 0 Å². The molecular formula is C10H16ClNO2. The standard InChI is InChI=1S/C10H16ClNO2/c1-8(13)5-9-3-2-4-12(7-9)10(14)6-11/h9H,2-7H2,1H3. The molecule has 0 aromatic heterocycles. The van der Waals surface area contributed by atoms with Gasteiger partial charge in [0.1, 0.15) is 11.7 Å². The Kier molecular flexibility index (Phi) is 4.39. The number of rotatable bonds is 3. The molecule has 1 rings (SSSR count). The summed E-state index contributed by atoms with van der Waals surface area (Å²) < 4.78 is 0. The van der Waals surface area contributed by atoms with Gasteiger partial charge in [0.25, 0.3) is 0 Å². The fraction of sp³-hybridized carbons (Fsp3) is 0.800. The lowest BCUT2D eigenvalue weighted by molar-refractivity contribution is -0.131. The van der Waals surface area contributed by atoms with Crippen molar-refractivity contribution in [2.75, 3.05) is 19.0 Å². The van der Waals surface area contributed by atoms with Crippen LogP contribution in [0.2, 0.25) is 0 Å². The van der Waals surface area contributed by atoms with Gasteiger partial charge in [-0.15, -0.1) is 11.6 Å². The van der Waals surface area contributed by atoms with E-state index in [4.69, 9.17) is 11.6 Å². The van der Waals surface area contributed by atoms with Gasteiger partial charge >= 0.3 is 0 Å². The molecule has 80 valence electrons. The number of alkyl halides is 1. The second kappa shape index (κ2) is 5.35. The number of piperidine rings is 1. The third-order valence-electron chi connectivity index (χ3n) is 2.56. The van der Waals surface area contributed by atoms with E-state index in [-0.39, 0.29) is 17.6 Å². The molecule has 1 amide bonds. The maximum Gasteiger partial charge on any atom is 0.237 e. The monoisotopic (exact) mass is 217 g/mol. The van der Waals surface area contributed by atoms with Gasteiger partial charge in [0.2, 0.25) is 5.91 Å². The molecule has 0 bridgehead atoms. The molecule has 4 heteroatoms. The highest BCUT2D eigenvalue weighted by atomic mass is 35.5. The molecule has 0 saturated carbocycles. The Morgan fingerprint density at radius 3 is 2.79 bits per heavy atom. The van der Waals surface area contributed by atoms with Gasteiger partial charge in [0.05, 0.1) is 0 Å². The van der Waals surface area contributed by atoms with Gasteiger partial charge in [-0.1, -0.05) is 0 Å². The molecule has 14 heavy (non-hydrogen) atoms. The quantitative estimate of drug-likeness (QED) is 0.671. The topological polar surface area (TPSA) is 37.4 Å². The number of Topliss-reactive ketones (excluding diaryl/α,β-unsaturated/α-hetero) is 1. The smallest absolute Gasteiger partial charge is 0.237 e. The van der Waals surface area contributed by atoms with Gasteiger partial charge < -0.3 is 9.69 Å². The van der Waals surface area contributed by atoms with E-state index in [1.807, 2.05) is 0 Å². The lowest BCUT2D eigenvalue weighted by Crippen LogP contribution is -2.41. The highest BCUT2D eigenvalue weighted by Gasteiger charge is 2.23. The average molecular weight is 218 g/mol. The fourth-order valence-corrected chi connectivity index (χ4v) is 2.12. The number of halogens is 1. The molecule has 0 aromatic carbocycles. The largest absolute Gasteiger partial charge is 0.341 e. The first-order chi connectivity index (χ1) is 6.63. The summed E-state index contributed by atoms with van der Waals surface area (Å²) in [5.41, 5.74) is 0. The summed E-state index contributed by atoms with van der Waals surface area (Å²) in [5, 5.41) is 0. The summed E-state index contributed by atoms with van der Waals surface area (Å²) in [7, 11) is 0. The number of hydrogen-bond donors (Lipinski definition) is 0. The first kappa shape index (κ1) is 11.5. The van der Waals surface area contributed by atoms with Crippen molar-refractivity contribution in [2.45, 2.75) is 26.2 Å². The lowest BCUT2D eigenvalue weighted by atomic mass is 9.93. The highest BCUT2D eigenvalue weighted by molar-refractivity contribution is 6.27. The first-order valence-corrected chi connectivity index (χ1v) is 5.50. The van der Waals surface area contributed by atoms with E-state index in [0.717, 1.165) is 19.4 Å². The van der Waals surface area contributed by atoms with E-state index in [2.05, 4.69) is 0 Å². The van der Waals surface area contributed by atoms with Crippen molar-refractivity contribution in [1.29, 1.82) is 0 Å². The molecule has 3 nitrogen and oxygen atoms in total. The molecule has 0 aliphatic carbocycles. The van der Waals surface area contributed by atoms with E-state index in [9.17, 15) is 9.59 Å². The minimum absolute atomic E-state index is 0.0140. The lowest BCUT2D eigenvalue weighted by Gasteiger charge is -2.31. The summed E-state index contributed by atoms with van der Waals surface area (Å²) in [6.45, 7) is 3.09. The van der Waals surface area contributed by atoms with E-state index in [0.29, 0.717) is 18.9 Å². The summed E-state index contributed by atoms with van der Waals surface area (Å²) in [4.78, 5) is 24.0. The van der Waals surface area contributed by atoms with Gasteiger partial charge in [0, 0.05) is 19.5 Å². The summed E-state index contributed by atoms with van der Waals surface area (Å²) in [5.74, 6) is 0.579. The van der Waals surface area contributed by atoms with Crippen LogP contribution in [-0.4, -0.2) is 35.6 Å². The second-order valence-corrected chi connectivity index (χ2v) is 4.16. The van der Waals surface area contributed by atoms with Crippen LogP contribution < -0.4 is 0 Å². The van der Waals surface area contributed by atoms with Crippen LogP contribution in [-0.2, 0) is 9.59 Å². The molecule has 0 spiro atoms. The van der Waals surface area contributed by atoms with Crippen molar-refractivity contribution in [2.24, 2.45) is 5.92 Å². The number of likely N-dealkylation sites (tertiary alicyclic amines) is 1. The Labute approximate surface area is 89.4 Å². The SMILES string of the molecule is CC(=O)CC1CCCN(C(=O)CCl)C1. The maximum absolute atomic E-state index is 11.3. The molecule has 1 unspecified atom stereocenters. The Balaban J connectivity index is 2.43. The van der Waals surface area contributed by atoms with Crippen LogP contribution in [0.15, 0.2) is 0 Å². The van der Waals surface area contributed by atoms with Gasteiger partial charge in [-0.05, 0) is 25.7 Å². The number of hydrogen-bond acceptors (Lipinski definition) is 2. The molecule has 1 aliphatic heterocycles. The van der Waals surface area contributed by atoms with Crippen molar-refractivity contribution in [3.8, 4) is 0 Å². The van der Waals surface area contributed by atoms with Gasteiger partial charge in [-0.2, -0.15) is 0 Å². The minimum atomic E-state index is -0.0140. The van der Waals surface area contributed by atoms with E-state index in [1.54, 1.807) is 11.8 Å². The van der Waals surface area contributed by atoms with Gasteiger partial charge in [-0.3, -0.25) is 4.79 Å². The van der Waals surface area contributed by atoms with Crippen molar-refractivity contribution < 1.29 is 9.59 Å². The third kappa shape index (κ3) is 3.29. The maximum atomic E-state index is 11.3. The zero-order valence-corrected chi connectivity index (χ0v) is 9.22. The highest BCUT2D eigenvalue weighted by Crippen LogP contribution is 2.19. The number of amides is 1. The number of carbonyl (C=O) groups is 2. The van der Waals surface area contributed by atoms with Crippen LogP contribution in [0.1, 0.15) is 26.2 Å². The molecule has 1 atom stereocenters. The Hall–Kier alpha value is -0.570. The first-order valence-electron chi connectivity index (χ1n) is 4.96. The molecule has 1 aliphatic rings. The summed E-state index contributed by atoms with van der Waals surface area (Å²) >= 11 is 5.48. The van der Waals surface area contributed by atoms with Crippen molar-refractivity contribution >= 4 is 23.3 Å². The normalized spacial score (nSPS) is 22.1. The van der Waals surface area contributed by atoms with E-state index < -0.39 is 0 Å². The minimum Gasteiger partial charge on any atom is -0.341 e. The second-order valence-electron chi connectivity index (χ2n) is 3.89. The predicted octanol–water partition coefficient (Wildman–Crippen LogP) is 1.44.